The van der Waals surface area contributed by atoms with Crippen LogP contribution >= 0.6 is 23.2 Å². The zero-order valence-corrected chi connectivity index (χ0v) is 21.5. The van der Waals surface area contributed by atoms with Crippen molar-refractivity contribution < 1.29 is 13.2 Å². The maximum Gasteiger partial charge on any atom is 0.322 e. The minimum atomic E-state index is -3.96. The van der Waals surface area contributed by atoms with Crippen LogP contribution in [0.2, 0.25) is 10.0 Å². The lowest BCUT2D eigenvalue weighted by Crippen LogP contribution is -2.32. The van der Waals surface area contributed by atoms with Crippen LogP contribution in [0.3, 0.4) is 0 Å². The Kier molecular flexibility index (Phi) is 7.76. The Labute approximate surface area is 214 Å². The molecule has 3 aromatic carbocycles. The van der Waals surface area contributed by atoms with E-state index in [0.29, 0.717) is 24.5 Å². The van der Waals surface area contributed by atoms with E-state index >= 15 is 0 Å². The second-order valence-corrected chi connectivity index (χ2v) is 10.5. The third-order valence-corrected chi connectivity index (χ3v) is 7.59. The van der Waals surface area contributed by atoms with Gasteiger partial charge in [-0.3, -0.25) is 4.57 Å². The third kappa shape index (κ3) is 6.02. The van der Waals surface area contributed by atoms with Gasteiger partial charge in [-0.25, -0.2) is 13.1 Å². The molecular weight excluding hydrogens is 507 g/mol. The number of hydrogen-bond acceptors (Lipinski definition) is 5. The van der Waals surface area contributed by atoms with Gasteiger partial charge >= 0.3 is 6.01 Å². The first-order valence-electron chi connectivity index (χ1n) is 11.0. The summed E-state index contributed by atoms with van der Waals surface area (Å²) in [5.41, 5.74) is 2.04. The fourth-order valence-corrected chi connectivity index (χ4v) is 5.16. The molecule has 1 heterocycles. The van der Waals surface area contributed by atoms with Gasteiger partial charge in [0.25, 0.3) is 0 Å². The molecule has 1 aromatic heterocycles. The van der Waals surface area contributed by atoms with Crippen LogP contribution in [0.5, 0.6) is 11.8 Å². The van der Waals surface area contributed by atoms with Crippen molar-refractivity contribution in [2.45, 2.75) is 37.8 Å². The van der Waals surface area contributed by atoms with Gasteiger partial charge in [0.2, 0.25) is 10.0 Å². The minimum Gasteiger partial charge on any atom is -0.424 e. The molecule has 0 amide bonds. The van der Waals surface area contributed by atoms with Crippen LogP contribution in [0.15, 0.2) is 77.7 Å². The molecule has 0 aliphatic rings. The van der Waals surface area contributed by atoms with Crippen molar-refractivity contribution >= 4 is 33.2 Å². The maximum atomic E-state index is 13.3. The van der Waals surface area contributed by atoms with Crippen LogP contribution in [0.4, 0.5) is 0 Å². The van der Waals surface area contributed by atoms with Crippen molar-refractivity contribution in [1.82, 2.24) is 19.5 Å². The predicted octanol–water partition coefficient (Wildman–Crippen LogP) is 5.97. The number of nitrogens with zero attached hydrogens (tertiary/aromatic N) is 3. The molecular formula is C25H24Cl2N4O3S. The zero-order valence-electron chi connectivity index (χ0n) is 19.2. The zero-order chi connectivity index (χ0) is 25.0. The number of hydrogen-bond donors (Lipinski definition) is 1. The molecule has 1 N–H and O–H groups in total. The first-order valence-corrected chi connectivity index (χ1v) is 13.2. The highest BCUT2D eigenvalue weighted by molar-refractivity contribution is 7.89. The Hall–Kier alpha value is -2.91. The summed E-state index contributed by atoms with van der Waals surface area (Å²) in [4.78, 5) is 0.00338. The van der Waals surface area contributed by atoms with Gasteiger partial charge in [0.05, 0.1) is 21.0 Å². The lowest BCUT2D eigenvalue weighted by Gasteiger charge is -2.20. The number of halogens is 2. The SMILES string of the molecule is CCn1c(Oc2ccc(C)cc2)nnc1[C@@H](Cc1ccccc1)NS(=O)(=O)c1ccc(Cl)c(Cl)c1. The summed E-state index contributed by atoms with van der Waals surface area (Å²) in [5.74, 6) is 1.04. The van der Waals surface area contributed by atoms with E-state index in [4.69, 9.17) is 27.9 Å². The Morgan fingerprint density at radius 3 is 2.34 bits per heavy atom. The summed E-state index contributed by atoms with van der Waals surface area (Å²) in [7, 11) is -3.96. The molecule has 0 radical (unpaired) electrons. The molecule has 0 saturated heterocycles. The molecule has 4 aromatic rings. The molecule has 7 nitrogen and oxygen atoms in total. The van der Waals surface area contributed by atoms with E-state index in [2.05, 4.69) is 14.9 Å². The fraction of sp³-hybridized carbons (Fsp3) is 0.200. The average Bonchev–Trinajstić information content (AvgIpc) is 3.24. The van der Waals surface area contributed by atoms with Crippen molar-refractivity contribution in [1.29, 1.82) is 0 Å². The smallest absolute Gasteiger partial charge is 0.322 e. The Morgan fingerprint density at radius 1 is 0.971 bits per heavy atom. The number of aryl methyl sites for hydroxylation is 1. The summed E-state index contributed by atoms with van der Waals surface area (Å²) in [6.07, 6.45) is 0.351. The molecule has 4 rings (SSSR count). The van der Waals surface area contributed by atoms with Crippen LogP contribution in [-0.2, 0) is 23.0 Å². The molecule has 0 fully saturated rings. The second-order valence-electron chi connectivity index (χ2n) is 7.94. The number of rotatable bonds is 9. The quantitative estimate of drug-likeness (QED) is 0.288. The molecule has 0 spiro atoms. The van der Waals surface area contributed by atoms with Crippen molar-refractivity contribution in [2.24, 2.45) is 0 Å². The molecule has 0 aliphatic carbocycles. The van der Waals surface area contributed by atoms with Crippen LogP contribution < -0.4 is 9.46 Å². The lowest BCUT2D eigenvalue weighted by atomic mass is 10.1. The topological polar surface area (TPSA) is 86.1 Å². The number of ether oxygens (including phenoxy) is 1. The fourth-order valence-electron chi connectivity index (χ4n) is 3.58. The molecule has 10 heteroatoms. The summed E-state index contributed by atoms with van der Waals surface area (Å²) in [6, 6.07) is 20.9. The normalized spacial score (nSPS) is 12.5. The van der Waals surface area contributed by atoms with Gasteiger partial charge in [0.15, 0.2) is 5.82 Å². The third-order valence-electron chi connectivity index (χ3n) is 5.38. The first-order chi connectivity index (χ1) is 16.8. The van der Waals surface area contributed by atoms with E-state index in [9.17, 15) is 8.42 Å². The van der Waals surface area contributed by atoms with Gasteiger partial charge < -0.3 is 4.74 Å². The van der Waals surface area contributed by atoms with E-state index in [1.54, 1.807) is 4.57 Å². The van der Waals surface area contributed by atoms with Gasteiger partial charge in [0.1, 0.15) is 5.75 Å². The van der Waals surface area contributed by atoms with Crippen molar-refractivity contribution in [3.05, 3.63) is 99.8 Å². The predicted molar refractivity (Wildman–Crippen MR) is 137 cm³/mol. The lowest BCUT2D eigenvalue weighted by molar-refractivity contribution is 0.406. The van der Waals surface area contributed by atoms with Gasteiger partial charge in [-0.05, 0) is 56.2 Å². The van der Waals surface area contributed by atoms with Crippen LogP contribution in [0.1, 0.15) is 29.9 Å². The molecule has 1 atom stereocenters. The highest BCUT2D eigenvalue weighted by Crippen LogP contribution is 2.28. The number of aromatic nitrogens is 3. The van der Waals surface area contributed by atoms with Crippen molar-refractivity contribution in [3.8, 4) is 11.8 Å². The second kappa shape index (κ2) is 10.8. The molecule has 35 heavy (non-hydrogen) atoms. The minimum absolute atomic E-state index is 0.00338. The first kappa shape index (κ1) is 25.2. The number of benzene rings is 3. The average molecular weight is 531 g/mol. The van der Waals surface area contributed by atoms with Gasteiger partial charge in [-0.2, -0.15) is 0 Å². The van der Waals surface area contributed by atoms with E-state index in [1.807, 2.05) is 68.4 Å². The van der Waals surface area contributed by atoms with Crippen molar-refractivity contribution in [2.75, 3.05) is 0 Å². The van der Waals surface area contributed by atoms with Crippen molar-refractivity contribution in [3.63, 3.8) is 0 Å². The summed E-state index contributed by atoms with van der Waals surface area (Å²) >= 11 is 12.0. The van der Waals surface area contributed by atoms with Crippen LogP contribution in [-0.4, -0.2) is 23.2 Å². The van der Waals surface area contributed by atoms with Crippen LogP contribution in [0.25, 0.3) is 0 Å². The van der Waals surface area contributed by atoms with E-state index < -0.39 is 16.1 Å². The summed E-state index contributed by atoms with van der Waals surface area (Å²) < 4.78 is 37.1. The van der Waals surface area contributed by atoms with Gasteiger partial charge in [-0.1, -0.05) is 76.3 Å². The Bertz CT molecular complexity index is 1410. The molecule has 0 aliphatic heterocycles. The van der Waals surface area contributed by atoms with Gasteiger partial charge in [0, 0.05) is 6.54 Å². The molecule has 0 bridgehead atoms. The monoisotopic (exact) mass is 530 g/mol. The van der Waals surface area contributed by atoms with Crippen LogP contribution in [0, 0.1) is 6.92 Å². The molecule has 0 saturated carbocycles. The summed E-state index contributed by atoms with van der Waals surface area (Å²) in [5, 5.41) is 8.96. The van der Waals surface area contributed by atoms with E-state index in [1.165, 1.54) is 18.2 Å². The number of sulfonamides is 1. The highest BCUT2D eigenvalue weighted by Gasteiger charge is 2.28. The Morgan fingerprint density at radius 2 is 1.69 bits per heavy atom. The number of nitrogens with one attached hydrogen (secondary N) is 1. The molecule has 0 unspecified atom stereocenters. The van der Waals surface area contributed by atoms with E-state index in [0.717, 1.165) is 11.1 Å². The summed E-state index contributed by atoms with van der Waals surface area (Å²) in [6.45, 7) is 4.38. The standard InChI is InChI=1S/C25H24Cl2N4O3S/c1-3-31-24(28-29-25(31)34-19-11-9-17(2)10-12-19)23(15-18-7-5-4-6-8-18)30-35(32,33)20-13-14-21(26)22(27)16-20/h4-14,16,23,30H,3,15H2,1-2H3/t23-/m1/s1. The Balaban J connectivity index is 1.70. The van der Waals surface area contributed by atoms with Gasteiger partial charge in [-0.15, -0.1) is 5.10 Å². The van der Waals surface area contributed by atoms with E-state index in [-0.39, 0.29) is 21.0 Å². The maximum absolute atomic E-state index is 13.3. The largest absolute Gasteiger partial charge is 0.424 e. The highest BCUT2D eigenvalue weighted by atomic mass is 35.5. The molecule has 182 valence electrons.